The molecule has 1 atom stereocenters. The molecular weight excluding hydrogens is 326 g/mol. The molecule has 1 amide bonds. The van der Waals surface area contributed by atoms with Crippen molar-refractivity contribution in [3.05, 3.63) is 53.3 Å². The zero-order valence-corrected chi connectivity index (χ0v) is 16.2. The average molecular weight is 355 g/mol. The molecule has 1 aliphatic heterocycles. The minimum Gasteiger partial charge on any atom is -0.381 e. The first-order chi connectivity index (χ1) is 12.4. The van der Waals surface area contributed by atoms with Gasteiger partial charge in [-0.3, -0.25) is 9.48 Å². The summed E-state index contributed by atoms with van der Waals surface area (Å²) in [4.78, 5) is 15.5. The van der Waals surface area contributed by atoms with Crippen molar-refractivity contribution in [2.75, 3.05) is 19.8 Å². The van der Waals surface area contributed by atoms with Crippen molar-refractivity contribution in [1.82, 2.24) is 14.7 Å². The number of ether oxygens (including phenoxy) is 1. The molecule has 1 fully saturated rings. The Bertz CT molecular complexity index is 726. The SMILES string of the molecule is Cc1cc(CN(CC2CCOC2)C(=O)C(C)(C)c2ccccc2)nn1C. The van der Waals surface area contributed by atoms with Crippen LogP contribution < -0.4 is 0 Å². The molecule has 1 aromatic heterocycles. The van der Waals surface area contributed by atoms with Crippen LogP contribution in [0.2, 0.25) is 0 Å². The van der Waals surface area contributed by atoms with E-state index in [1.54, 1.807) is 0 Å². The number of aryl methyl sites for hydroxylation is 2. The van der Waals surface area contributed by atoms with Gasteiger partial charge in [-0.25, -0.2) is 0 Å². The standard InChI is InChI=1S/C21H29N3O2/c1-16-12-19(22-23(16)4)14-24(13-17-10-11-26-15-17)20(25)21(2,3)18-8-6-5-7-9-18/h5-9,12,17H,10-11,13-15H2,1-4H3. The number of hydrogen-bond donors (Lipinski definition) is 0. The van der Waals surface area contributed by atoms with E-state index in [4.69, 9.17) is 4.74 Å². The Kier molecular flexibility index (Phi) is 5.47. The zero-order valence-electron chi connectivity index (χ0n) is 16.2. The lowest BCUT2D eigenvalue weighted by Crippen LogP contribution is -2.45. The van der Waals surface area contributed by atoms with E-state index >= 15 is 0 Å². The summed E-state index contributed by atoms with van der Waals surface area (Å²) in [6.45, 7) is 8.81. The molecule has 0 bridgehead atoms. The minimum atomic E-state index is -0.579. The van der Waals surface area contributed by atoms with Crippen molar-refractivity contribution in [2.45, 2.75) is 39.2 Å². The largest absolute Gasteiger partial charge is 0.381 e. The van der Waals surface area contributed by atoms with Crippen LogP contribution in [0.3, 0.4) is 0 Å². The van der Waals surface area contributed by atoms with E-state index in [1.165, 1.54) is 0 Å². The number of aromatic nitrogens is 2. The van der Waals surface area contributed by atoms with E-state index in [2.05, 4.69) is 11.2 Å². The van der Waals surface area contributed by atoms with Gasteiger partial charge in [0, 0.05) is 31.8 Å². The summed E-state index contributed by atoms with van der Waals surface area (Å²) in [6.07, 6.45) is 1.01. The van der Waals surface area contributed by atoms with Crippen molar-refractivity contribution < 1.29 is 9.53 Å². The molecule has 0 spiro atoms. The van der Waals surface area contributed by atoms with Crippen LogP contribution in [0.4, 0.5) is 0 Å². The first kappa shape index (κ1) is 18.6. The summed E-state index contributed by atoms with van der Waals surface area (Å²) in [5, 5.41) is 4.55. The van der Waals surface area contributed by atoms with Crippen LogP contribution in [0.15, 0.2) is 36.4 Å². The van der Waals surface area contributed by atoms with Crippen LogP contribution in [-0.4, -0.2) is 40.3 Å². The third-order valence-electron chi connectivity index (χ3n) is 5.34. The van der Waals surface area contributed by atoms with E-state index < -0.39 is 5.41 Å². The fourth-order valence-electron chi connectivity index (χ4n) is 3.54. The summed E-state index contributed by atoms with van der Waals surface area (Å²) >= 11 is 0. The number of rotatable bonds is 6. The van der Waals surface area contributed by atoms with Crippen molar-refractivity contribution >= 4 is 5.91 Å². The molecule has 26 heavy (non-hydrogen) atoms. The van der Waals surface area contributed by atoms with Crippen LogP contribution >= 0.6 is 0 Å². The van der Waals surface area contributed by atoms with E-state index in [9.17, 15) is 4.79 Å². The number of amides is 1. The Hall–Kier alpha value is -2.14. The van der Waals surface area contributed by atoms with Crippen LogP contribution in [0.5, 0.6) is 0 Å². The molecule has 0 saturated carbocycles. The van der Waals surface area contributed by atoms with Gasteiger partial charge in [-0.05, 0) is 38.8 Å². The van der Waals surface area contributed by atoms with Crippen LogP contribution in [0, 0.1) is 12.8 Å². The molecule has 5 nitrogen and oxygen atoms in total. The Morgan fingerprint density at radius 1 is 1.35 bits per heavy atom. The second kappa shape index (κ2) is 7.62. The lowest BCUT2D eigenvalue weighted by Gasteiger charge is -2.33. The first-order valence-electron chi connectivity index (χ1n) is 9.30. The Labute approximate surface area is 156 Å². The van der Waals surface area contributed by atoms with E-state index in [1.807, 2.05) is 67.7 Å². The first-order valence-corrected chi connectivity index (χ1v) is 9.30. The molecular formula is C21H29N3O2. The zero-order chi connectivity index (χ0) is 18.7. The van der Waals surface area contributed by atoms with Gasteiger partial charge in [0.1, 0.15) is 0 Å². The summed E-state index contributed by atoms with van der Waals surface area (Å²) in [6, 6.07) is 12.1. The van der Waals surface area contributed by atoms with E-state index in [-0.39, 0.29) is 5.91 Å². The second-order valence-electron chi connectivity index (χ2n) is 7.81. The summed E-state index contributed by atoms with van der Waals surface area (Å²) in [5.41, 5.74) is 2.49. The highest BCUT2D eigenvalue weighted by molar-refractivity contribution is 5.87. The second-order valence-corrected chi connectivity index (χ2v) is 7.81. The van der Waals surface area contributed by atoms with Gasteiger partial charge < -0.3 is 9.64 Å². The van der Waals surface area contributed by atoms with Crippen LogP contribution in [0.1, 0.15) is 37.2 Å². The Balaban J connectivity index is 1.84. The third kappa shape index (κ3) is 3.98. The number of benzene rings is 1. The quantitative estimate of drug-likeness (QED) is 0.800. The maximum Gasteiger partial charge on any atom is 0.233 e. The lowest BCUT2D eigenvalue weighted by molar-refractivity contribution is -0.137. The number of hydrogen-bond acceptors (Lipinski definition) is 3. The molecule has 2 aromatic rings. The topological polar surface area (TPSA) is 47.4 Å². The van der Waals surface area contributed by atoms with Gasteiger partial charge in [0.2, 0.25) is 5.91 Å². The predicted molar refractivity (Wildman–Crippen MR) is 102 cm³/mol. The molecule has 3 rings (SSSR count). The lowest BCUT2D eigenvalue weighted by atomic mass is 9.83. The highest BCUT2D eigenvalue weighted by Crippen LogP contribution is 2.28. The number of nitrogens with zero attached hydrogens (tertiary/aromatic N) is 3. The van der Waals surface area contributed by atoms with Crippen LogP contribution in [0.25, 0.3) is 0 Å². The molecule has 1 unspecified atom stereocenters. The molecule has 2 heterocycles. The molecule has 1 aromatic carbocycles. The van der Waals surface area contributed by atoms with Crippen molar-refractivity contribution in [2.24, 2.45) is 13.0 Å². The Morgan fingerprint density at radius 2 is 2.08 bits per heavy atom. The molecule has 1 saturated heterocycles. The number of carbonyl (C=O) groups excluding carboxylic acids is 1. The van der Waals surface area contributed by atoms with Crippen molar-refractivity contribution in [1.29, 1.82) is 0 Å². The van der Waals surface area contributed by atoms with Crippen molar-refractivity contribution in [3.63, 3.8) is 0 Å². The van der Waals surface area contributed by atoms with Gasteiger partial charge >= 0.3 is 0 Å². The summed E-state index contributed by atoms with van der Waals surface area (Å²) in [7, 11) is 1.93. The smallest absolute Gasteiger partial charge is 0.233 e. The van der Waals surface area contributed by atoms with Gasteiger partial charge in [-0.1, -0.05) is 30.3 Å². The van der Waals surface area contributed by atoms with Gasteiger partial charge in [0.15, 0.2) is 0 Å². The molecule has 5 heteroatoms. The van der Waals surface area contributed by atoms with Crippen molar-refractivity contribution in [3.8, 4) is 0 Å². The highest BCUT2D eigenvalue weighted by Gasteiger charge is 2.35. The maximum atomic E-state index is 13.5. The van der Waals surface area contributed by atoms with Gasteiger partial charge in [-0.15, -0.1) is 0 Å². The predicted octanol–water partition coefficient (Wildman–Crippen LogP) is 3.07. The summed E-state index contributed by atoms with van der Waals surface area (Å²) < 4.78 is 7.38. The minimum absolute atomic E-state index is 0.138. The molecule has 1 aliphatic rings. The fraction of sp³-hybridized carbons (Fsp3) is 0.524. The number of carbonyl (C=O) groups is 1. The Morgan fingerprint density at radius 3 is 2.65 bits per heavy atom. The monoisotopic (exact) mass is 355 g/mol. The van der Waals surface area contributed by atoms with Crippen LogP contribution in [-0.2, 0) is 28.5 Å². The van der Waals surface area contributed by atoms with E-state index in [0.717, 1.165) is 36.6 Å². The van der Waals surface area contributed by atoms with Gasteiger partial charge in [0.25, 0.3) is 0 Å². The average Bonchev–Trinajstić information content (AvgIpc) is 3.24. The summed E-state index contributed by atoms with van der Waals surface area (Å²) in [5.74, 6) is 0.536. The highest BCUT2D eigenvalue weighted by atomic mass is 16.5. The molecule has 140 valence electrons. The molecule has 0 N–H and O–H groups in total. The normalized spacial score (nSPS) is 17.5. The fourth-order valence-corrected chi connectivity index (χ4v) is 3.54. The third-order valence-corrected chi connectivity index (χ3v) is 5.34. The van der Waals surface area contributed by atoms with Gasteiger partial charge in [-0.2, -0.15) is 5.10 Å². The molecule has 0 aliphatic carbocycles. The maximum absolute atomic E-state index is 13.5. The molecule has 0 radical (unpaired) electrons. The van der Waals surface area contributed by atoms with E-state index in [0.29, 0.717) is 19.0 Å². The van der Waals surface area contributed by atoms with Gasteiger partial charge in [0.05, 0.1) is 24.3 Å².